The highest BCUT2D eigenvalue weighted by molar-refractivity contribution is 6.30. The Balaban J connectivity index is 1.85. The summed E-state index contributed by atoms with van der Waals surface area (Å²) >= 11 is 5.78. The molecule has 1 aliphatic rings. The number of benzene rings is 1. The third-order valence-electron chi connectivity index (χ3n) is 3.22. The average Bonchev–Trinajstić information content (AvgIpc) is 2.36. The van der Waals surface area contributed by atoms with Gasteiger partial charge in [-0.3, -0.25) is 4.79 Å². The van der Waals surface area contributed by atoms with Crippen molar-refractivity contribution in [3.8, 4) is 5.75 Å². The van der Waals surface area contributed by atoms with Crippen LogP contribution in [0.1, 0.15) is 13.3 Å². The summed E-state index contributed by atoms with van der Waals surface area (Å²) in [5, 5.41) is 0.648. The Hall–Kier alpha value is -1.26. The van der Waals surface area contributed by atoms with E-state index in [2.05, 4.69) is 6.92 Å². The highest BCUT2D eigenvalue weighted by atomic mass is 35.5. The van der Waals surface area contributed by atoms with E-state index >= 15 is 0 Å². The van der Waals surface area contributed by atoms with Crippen LogP contribution in [0.4, 0.5) is 0 Å². The summed E-state index contributed by atoms with van der Waals surface area (Å²) in [5.41, 5.74) is 5.93. The number of rotatable bonds is 3. The summed E-state index contributed by atoms with van der Waals surface area (Å²) in [6.07, 6.45) is 0.974. The van der Waals surface area contributed by atoms with Crippen molar-refractivity contribution in [3.05, 3.63) is 29.3 Å². The van der Waals surface area contributed by atoms with Gasteiger partial charge in [0.15, 0.2) is 6.61 Å². The molecule has 0 radical (unpaired) electrons. The lowest BCUT2D eigenvalue weighted by molar-refractivity contribution is -0.135. The van der Waals surface area contributed by atoms with Gasteiger partial charge in [-0.2, -0.15) is 0 Å². The summed E-state index contributed by atoms with van der Waals surface area (Å²) < 4.78 is 5.46. The van der Waals surface area contributed by atoms with Crippen molar-refractivity contribution in [2.75, 3.05) is 19.7 Å². The van der Waals surface area contributed by atoms with E-state index in [-0.39, 0.29) is 18.6 Å². The molecule has 1 heterocycles. The van der Waals surface area contributed by atoms with E-state index in [4.69, 9.17) is 22.1 Å². The van der Waals surface area contributed by atoms with Gasteiger partial charge in [0.2, 0.25) is 0 Å². The molecule has 2 unspecified atom stereocenters. The molecular weight excluding hydrogens is 264 g/mol. The van der Waals surface area contributed by atoms with Crippen LogP contribution in [0.25, 0.3) is 0 Å². The number of piperidine rings is 1. The lowest BCUT2D eigenvalue weighted by atomic mass is 9.97. The van der Waals surface area contributed by atoms with Crippen LogP contribution in [0.15, 0.2) is 24.3 Å². The number of nitrogens with two attached hydrogens (primary N) is 1. The van der Waals surface area contributed by atoms with E-state index in [0.717, 1.165) is 13.0 Å². The van der Waals surface area contributed by atoms with Crippen LogP contribution < -0.4 is 10.5 Å². The Morgan fingerprint density at radius 1 is 1.42 bits per heavy atom. The van der Waals surface area contributed by atoms with Crippen molar-refractivity contribution >= 4 is 17.5 Å². The first kappa shape index (κ1) is 14.2. The number of hydrogen-bond acceptors (Lipinski definition) is 3. The highest BCUT2D eigenvalue weighted by Gasteiger charge is 2.25. The van der Waals surface area contributed by atoms with Crippen LogP contribution in [-0.2, 0) is 4.79 Å². The number of halogens is 1. The van der Waals surface area contributed by atoms with Gasteiger partial charge in [0.25, 0.3) is 5.91 Å². The van der Waals surface area contributed by atoms with Crippen LogP contribution in [0, 0.1) is 5.92 Å². The van der Waals surface area contributed by atoms with E-state index in [1.54, 1.807) is 29.2 Å². The van der Waals surface area contributed by atoms with Crippen LogP contribution in [0.3, 0.4) is 0 Å². The molecular formula is C14H19ClN2O2. The van der Waals surface area contributed by atoms with Crippen molar-refractivity contribution in [2.45, 2.75) is 19.4 Å². The zero-order valence-electron chi connectivity index (χ0n) is 11.0. The maximum atomic E-state index is 12.0. The lowest BCUT2D eigenvalue weighted by Crippen LogP contribution is -2.50. The van der Waals surface area contributed by atoms with Crippen LogP contribution >= 0.6 is 11.6 Å². The molecule has 2 N–H and O–H groups in total. The quantitative estimate of drug-likeness (QED) is 0.921. The molecule has 0 spiro atoms. The fourth-order valence-electron chi connectivity index (χ4n) is 2.37. The molecule has 0 aromatic heterocycles. The summed E-state index contributed by atoms with van der Waals surface area (Å²) in [6.45, 7) is 3.53. The van der Waals surface area contributed by atoms with Gasteiger partial charge in [0, 0.05) is 24.2 Å². The first-order valence-electron chi connectivity index (χ1n) is 6.46. The Bertz CT molecular complexity index is 426. The summed E-state index contributed by atoms with van der Waals surface area (Å²) in [5.74, 6) is 1.08. The Kier molecular flexibility index (Phi) is 4.66. The van der Waals surface area contributed by atoms with Crippen molar-refractivity contribution in [1.82, 2.24) is 4.90 Å². The molecule has 1 amide bonds. The standard InChI is InChI=1S/C14H19ClN2O2/c1-10-6-12(16)8-17(7-10)14(18)9-19-13-4-2-11(15)3-5-13/h2-5,10,12H,6-9,16H2,1H3. The first-order valence-corrected chi connectivity index (χ1v) is 6.84. The van der Waals surface area contributed by atoms with E-state index in [9.17, 15) is 4.79 Å². The van der Waals surface area contributed by atoms with Gasteiger partial charge in [-0.15, -0.1) is 0 Å². The molecule has 1 saturated heterocycles. The molecule has 4 nitrogen and oxygen atoms in total. The molecule has 0 saturated carbocycles. The maximum absolute atomic E-state index is 12.0. The number of carbonyl (C=O) groups is 1. The molecule has 1 fully saturated rings. The van der Waals surface area contributed by atoms with Crippen LogP contribution in [-0.4, -0.2) is 36.5 Å². The van der Waals surface area contributed by atoms with E-state index in [0.29, 0.717) is 23.2 Å². The second-order valence-corrected chi connectivity index (χ2v) is 5.58. The number of hydrogen-bond donors (Lipinski definition) is 1. The molecule has 0 aliphatic carbocycles. The molecule has 2 rings (SSSR count). The van der Waals surface area contributed by atoms with Gasteiger partial charge in [-0.25, -0.2) is 0 Å². The Morgan fingerprint density at radius 3 is 2.74 bits per heavy atom. The monoisotopic (exact) mass is 282 g/mol. The van der Waals surface area contributed by atoms with E-state index in [1.165, 1.54) is 0 Å². The number of amides is 1. The summed E-state index contributed by atoms with van der Waals surface area (Å²) in [7, 11) is 0. The maximum Gasteiger partial charge on any atom is 0.260 e. The minimum atomic E-state index is -0.0167. The van der Waals surface area contributed by atoms with Crippen molar-refractivity contribution in [1.29, 1.82) is 0 Å². The minimum Gasteiger partial charge on any atom is -0.484 e. The average molecular weight is 283 g/mol. The predicted octanol–water partition coefficient (Wildman–Crippen LogP) is 1.91. The third-order valence-corrected chi connectivity index (χ3v) is 3.47. The van der Waals surface area contributed by atoms with E-state index < -0.39 is 0 Å². The molecule has 1 aromatic carbocycles. The highest BCUT2D eigenvalue weighted by Crippen LogP contribution is 2.17. The number of nitrogens with zero attached hydrogens (tertiary/aromatic N) is 1. The third kappa shape index (κ3) is 4.11. The van der Waals surface area contributed by atoms with Crippen LogP contribution in [0.2, 0.25) is 5.02 Å². The number of carbonyl (C=O) groups excluding carboxylic acids is 1. The fraction of sp³-hybridized carbons (Fsp3) is 0.500. The molecule has 1 aliphatic heterocycles. The largest absolute Gasteiger partial charge is 0.484 e. The van der Waals surface area contributed by atoms with Gasteiger partial charge >= 0.3 is 0 Å². The molecule has 5 heteroatoms. The smallest absolute Gasteiger partial charge is 0.260 e. The number of likely N-dealkylation sites (tertiary alicyclic amines) is 1. The SMILES string of the molecule is CC1CC(N)CN(C(=O)COc2ccc(Cl)cc2)C1. The first-order chi connectivity index (χ1) is 9.04. The predicted molar refractivity (Wildman–Crippen MR) is 75.3 cm³/mol. The molecule has 1 aromatic rings. The van der Waals surface area contributed by atoms with Crippen molar-refractivity contribution in [2.24, 2.45) is 11.7 Å². The second-order valence-electron chi connectivity index (χ2n) is 5.14. The summed E-state index contributed by atoms with van der Waals surface area (Å²) in [6, 6.07) is 7.05. The van der Waals surface area contributed by atoms with Gasteiger partial charge in [0.05, 0.1) is 0 Å². The summed E-state index contributed by atoms with van der Waals surface area (Å²) in [4.78, 5) is 13.8. The topological polar surface area (TPSA) is 55.6 Å². The van der Waals surface area contributed by atoms with Gasteiger partial charge < -0.3 is 15.4 Å². The minimum absolute atomic E-state index is 0.0167. The molecule has 0 bridgehead atoms. The molecule has 19 heavy (non-hydrogen) atoms. The number of ether oxygens (including phenoxy) is 1. The second kappa shape index (κ2) is 6.26. The van der Waals surface area contributed by atoms with Crippen molar-refractivity contribution in [3.63, 3.8) is 0 Å². The lowest BCUT2D eigenvalue weighted by Gasteiger charge is -2.34. The zero-order chi connectivity index (χ0) is 13.8. The zero-order valence-corrected chi connectivity index (χ0v) is 11.8. The van der Waals surface area contributed by atoms with Gasteiger partial charge in [0.1, 0.15) is 5.75 Å². The molecule has 104 valence electrons. The van der Waals surface area contributed by atoms with Gasteiger partial charge in [-0.1, -0.05) is 18.5 Å². The Morgan fingerprint density at radius 2 is 2.11 bits per heavy atom. The van der Waals surface area contributed by atoms with Crippen molar-refractivity contribution < 1.29 is 9.53 Å². The normalized spacial score (nSPS) is 23.2. The molecule has 2 atom stereocenters. The van der Waals surface area contributed by atoms with Crippen LogP contribution in [0.5, 0.6) is 5.75 Å². The Labute approximate surface area is 118 Å². The van der Waals surface area contributed by atoms with E-state index in [1.807, 2.05) is 0 Å². The fourth-order valence-corrected chi connectivity index (χ4v) is 2.50. The van der Waals surface area contributed by atoms with Gasteiger partial charge in [-0.05, 0) is 36.6 Å².